The molecule has 0 atom stereocenters. The molecule has 0 unspecified atom stereocenters. The summed E-state index contributed by atoms with van der Waals surface area (Å²) in [6.45, 7) is 10.6. The molecule has 3 aromatic rings. The fourth-order valence-corrected chi connectivity index (χ4v) is 3.27. The third kappa shape index (κ3) is 3.51. The minimum atomic E-state index is -0.175. The molecule has 0 radical (unpaired) electrons. The van der Waals surface area contributed by atoms with Gasteiger partial charge in [-0.05, 0) is 40.7 Å². The van der Waals surface area contributed by atoms with Crippen molar-refractivity contribution in [2.24, 2.45) is 7.05 Å². The van der Waals surface area contributed by atoms with Gasteiger partial charge in [-0.15, -0.1) is 0 Å². The van der Waals surface area contributed by atoms with Crippen LogP contribution in [-0.2, 0) is 20.1 Å². The molecule has 3 heterocycles. The number of carbonyl (C=O) groups is 1. The second kappa shape index (κ2) is 7.02. The number of aromatic nitrogens is 5. The van der Waals surface area contributed by atoms with Crippen molar-refractivity contribution in [3.63, 3.8) is 0 Å². The van der Waals surface area contributed by atoms with Gasteiger partial charge in [-0.2, -0.15) is 10.2 Å². The molecule has 27 heavy (non-hydrogen) atoms. The smallest absolute Gasteiger partial charge is 0.276 e. The summed E-state index contributed by atoms with van der Waals surface area (Å²) in [5.74, 6) is 0.457. The van der Waals surface area contributed by atoms with Crippen LogP contribution in [0.25, 0.3) is 0 Å². The van der Waals surface area contributed by atoms with E-state index in [1.165, 1.54) is 0 Å². The van der Waals surface area contributed by atoms with Crippen molar-refractivity contribution in [1.82, 2.24) is 29.6 Å². The van der Waals surface area contributed by atoms with E-state index in [1.54, 1.807) is 11.9 Å². The highest BCUT2D eigenvalue weighted by Gasteiger charge is 2.25. The molecule has 0 fully saturated rings. The summed E-state index contributed by atoms with van der Waals surface area (Å²) in [5, 5.41) is 12.9. The van der Waals surface area contributed by atoms with Gasteiger partial charge in [0.2, 0.25) is 0 Å². The van der Waals surface area contributed by atoms with Crippen LogP contribution in [0, 0.1) is 34.6 Å². The van der Waals surface area contributed by atoms with E-state index >= 15 is 0 Å². The lowest BCUT2D eigenvalue weighted by Gasteiger charge is -2.17. The minimum absolute atomic E-state index is 0.175. The lowest BCUT2D eigenvalue weighted by atomic mass is 10.1. The number of rotatable bonds is 5. The highest BCUT2D eigenvalue weighted by Crippen LogP contribution is 2.20. The first-order valence-electron chi connectivity index (χ1n) is 8.89. The van der Waals surface area contributed by atoms with Gasteiger partial charge >= 0.3 is 0 Å². The Labute approximate surface area is 158 Å². The molecule has 8 nitrogen and oxygen atoms in total. The van der Waals surface area contributed by atoms with E-state index in [-0.39, 0.29) is 5.91 Å². The Hall–Kier alpha value is -2.90. The van der Waals surface area contributed by atoms with E-state index in [1.807, 2.05) is 57.1 Å². The normalized spacial score (nSPS) is 11.2. The van der Waals surface area contributed by atoms with Crippen LogP contribution in [0.1, 0.15) is 50.2 Å². The highest BCUT2D eigenvalue weighted by atomic mass is 16.5. The topological polar surface area (TPSA) is 82.0 Å². The molecular formula is C19H26N6O2. The summed E-state index contributed by atoms with van der Waals surface area (Å²) < 4.78 is 9.03. The Morgan fingerprint density at radius 2 is 1.85 bits per heavy atom. The molecule has 8 heteroatoms. The molecule has 0 saturated heterocycles. The van der Waals surface area contributed by atoms with Crippen molar-refractivity contribution in [3.8, 4) is 0 Å². The van der Waals surface area contributed by atoms with Gasteiger partial charge < -0.3 is 9.42 Å². The monoisotopic (exact) mass is 370 g/mol. The van der Waals surface area contributed by atoms with Crippen molar-refractivity contribution in [3.05, 3.63) is 51.4 Å². The third-order valence-corrected chi connectivity index (χ3v) is 5.00. The molecular weight excluding hydrogens is 344 g/mol. The molecule has 0 aliphatic heterocycles. The van der Waals surface area contributed by atoms with E-state index in [0.29, 0.717) is 24.5 Å². The molecule has 1 amide bonds. The molecule has 0 aliphatic carbocycles. The summed E-state index contributed by atoms with van der Waals surface area (Å²) in [6, 6.07) is 2.00. The summed E-state index contributed by atoms with van der Waals surface area (Å²) in [7, 11) is 3.67. The van der Waals surface area contributed by atoms with E-state index in [9.17, 15) is 4.79 Å². The molecule has 3 aromatic heterocycles. The molecule has 0 aromatic carbocycles. The number of hydrogen-bond acceptors (Lipinski definition) is 5. The van der Waals surface area contributed by atoms with Crippen LogP contribution in [0.2, 0.25) is 0 Å². The van der Waals surface area contributed by atoms with E-state index in [4.69, 9.17) is 4.52 Å². The van der Waals surface area contributed by atoms with Gasteiger partial charge in [0.05, 0.1) is 17.9 Å². The van der Waals surface area contributed by atoms with Gasteiger partial charge in [-0.3, -0.25) is 14.2 Å². The van der Waals surface area contributed by atoms with Crippen molar-refractivity contribution < 1.29 is 9.32 Å². The number of amides is 1. The minimum Gasteiger partial charge on any atom is -0.361 e. The fraction of sp³-hybridized carbons (Fsp3) is 0.474. The van der Waals surface area contributed by atoms with Crippen LogP contribution in [0.4, 0.5) is 0 Å². The van der Waals surface area contributed by atoms with Crippen LogP contribution >= 0.6 is 0 Å². The zero-order chi connectivity index (χ0) is 19.9. The SMILES string of the molecule is Cc1cc(C)n(Cc2c(C(=O)N(C)Cc3c(C)nn(C)c3C)noc2C)n1. The van der Waals surface area contributed by atoms with Crippen molar-refractivity contribution in [2.45, 2.75) is 47.7 Å². The summed E-state index contributed by atoms with van der Waals surface area (Å²) in [4.78, 5) is 14.7. The fourth-order valence-electron chi connectivity index (χ4n) is 3.27. The largest absolute Gasteiger partial charge is 0.361 e. The van der Waals surface area contributed by atoms with Gasteiger partial charge in [0.15, 0.2) is 5.69 Å². The second-order valence-electron chi connectivity index (χ2n) is 7.08. The maximum Gasteiger partial charge on any atom is 0.276 e. The molecule has 0 saturated carbocycles. The molecule has 144 valence electrons. The van der Waals surface area contributed by atoms with E-state index in [0.717, 1.165) is 33.9 Å². The Bertz CT molecular complexity index is 994. The van der Waals surface area contributed by atoms with E-state index in [2.05, 4.69) is 15.4 Å². The summed E-state index contributed by atoms with van der Waals surface area (Å²) in [5.41, 5.74) is 6.09. The Morgan fingerprint density at radius 1 is 1.15 bits per heavy atom. The molecule has 0 spiro atoms. The van der Waals surface area contributed by atoms with Crippen LogP contribution in [0.5, 0.6) is 0 Å². The maximum absolute atomic E-state index is 13.0. The Kier molecular flexibility index (Phi) is 4.91. The lowest BCUT2D eigenvalue weighted by molar-refractivity contribution is 0.0773. The molecule has 0 bridgehead atoms. The Balaban J connectivity index is 1.85. The molecule has 0 aliphatic rings. The quantitative estimate of drug-likeness (QED) is 0.689. The number of aryl methyl sites for hydroxylation is 5. The number of carbonyl (C=O) groups excluding carboxylic acids is 1. The van der Waals surface area contributed by atoms with Gasteiger partial charge in [0, 0.05) is 43.2 Å². The van der Waals surface area contributed by atoms with Crippen LogP contribution < -0.4 is 0 Å². The zero-order valence-electron chi connectivity index (χ0n) is 17.0. The highest BCUT2D eigenvalue weighted by molar-refractivity contribution is 5.93. The first-order chi connectivity index (χ1) is 12.7. The van der Waals surface area contributed by atoms with Crippen molar-refractivity contribution in [2.75, 3.05) is 7.05 Å². The number of hydrogen-bond donors (Lipinski definition) is 0. The van der Waals surface area contributed by atoms with Gasteiger partial charge in [0.1, 0.15) is 5.76 Å². The molecule has 3 rings (SSSR count). The Morgan fingerprint density at radius 3 is 2.41 bits per heavy atom. The van der Waals surface area contributed by atoms with Crippen LogP contribution in [0.3, 0.4) is 0 Å². The predicted molar refractivity (Wildman–Crippen MR) is 101 cm³/mol. The van der Waals surface area contributed by atoms with Crippen LogP contribution in [0.15, 0.2) is 10.6 Å². The summed E-state index contributed by atoms with van der Waals surface area (Å²) in [6.07, 6.45) is 0. The average Bonchev–Trinajstić information content (AvgIpc) is 3.20. The standard InChI is InChI=1S/C19H26N6O2/c1-11-8-12(2)25(20-11)10-17-15(5)27-22-18(17)19(26)23(6)9-16-13(3)21-24(7)14(16)4/h8H,9-10H2,1-7H3. The van der Waals surface area contributed by atoms with Crippen molar-refractivity contribution in [1.29, 1.82) is 0 Å². The van der Waals surface area contributed by atoms with Gasteiger partial charge in [-0.1, -0.05) is 5.16 Å². The lowest BCUT2D eigenvalue weighted by Crippen LogP contribution is -2.28. The van der Waals surface area contributed by atoms with Gasteiger partial charge in [0.25, 0.3) is 5.91 Å². The average molecular weight is 370 g/mol. The van der Waals surface area contributed by atoms with Crippen molar-refractivity contribution >= 4 is 5.91 Å². The number of nitrogens with zero attached hydrogens (tertiary/aromatic N) is 6. The van der Waals surface area contributed by atoms with E-state index < -0.39 is 0 Å². The van der Waals surface area contributed by atoms with Crippen LogP contribution in [-0.4, -0.2) is 42.6 Å². The second-order valence-corrected chi connectivity index (χ2v) is 7.08. The third-order valence-electron chi connectivity index (χ3n) is 5.00. The maximum atomic E-state index is 13.0. The zero-order valence-corrected chi connectivity index (χ0v) is 17.0. The predicted octanol–water partition coefficient (Wildman–Crippen LogP) is 2.47. The van der Waals surface area contributed by atoms with Gasteiger partial charge in [-0.25, -0.2) is 0 Å². The molecule has 0 N–H and O–H groups in total. The summed E-state index contributed by atoms with van der Waals surface area (Å²) >= 11 is 0. The first-order valence-corrected chi connectivity index (χ1v) is 8.89. The first kappa shape index (κ1) is 18.9.